The molecule has 1 aromatic rings. The number of ether oxygens (including phenoxy) is 2. The van der Waals surface area contributed by atoms with E-state index in [1.54, 1.807) is 0 Å². The molecule has 5 atom stereocenters. The Balaban J connectivity index is 1.66. The highest BCUT2D eigenvalue weighted by molar-refractivity contribution is 7.90. The molecule has 0 aliphatic carbocycles. The average Bonchev–Trinajstić information content (AvgIpc) is 2.84. The van der Waals surface area contributed by atoms with E-state index in [0.29, 0.717) is 0 Å². The summed E-state index contributed by atoms with van der Waals surface area (Å²) in [5.74, 6) is -0.329. The minimum absolute atomic E-state index is 0.0266. The van der Waals surface area contributed by atoms with Crippen molar-refractivity contribution >= 4 is 25.2 Å². The molecule has 1 aromatic carbocycles. The van der Waals surface area contributed by atoms with Crippen molar-refractivity contribution in [1.29, 1.82) is 0 Å². The Hall–Kier alpha value is -1.02. The molecule has 2 aliphatic heterocycles. The quantitative estimate of drug-likeness (QED) is 0.457. The lowest BCUT2D eigenvalue weighted by Gasteiger charge is -2.35. The highest BCUT2D eigenvalue weighted by atomic mass is 32.2. The van der Waals surface area contributed by atoms with Crippen molar-refractivity contribution in [3.63, 3.8) is 0 Å². The van der Waals surface area contributed by atoms with E-state index >= 15 is 0 Å². The van der Waals surface area contributed by atoms with E-state index in [9.17, 15) is 9.35 Å². The van der Waals surface area contributed by atoms with Gasteiger partial charge >= 0.3 is 5.97 Å². The van der Waals surface area contributed by atoms with E-state index in [4.69, 9.17) is 9.47 Å². The average molecular weight is 321 g/mol. The number of esters is 1. The lowest BCUT2D eigenvalue weighted by molar-refractivity contribution is -0.149. The number of fused-ring (bicyclic) bond motifs is 2. The second kappa shape index (κ2) is 5.89. The summed E-state index contributed by atoms with van der Waals surface area (Å²) in [7, 11) is 3.79. The first-order valence-corrected chi connectivity index (χ1v) is 8.58. The van der Waals surface area contributed by atoms with Gasteiger partial charge in [0.2, 0.25) is 0 Å². The van der Waals surface area contributed by atoms with Gasteiger partial charge in [-0.2, -0.15) is 0 Å². The van der Waals surface area contributed by atoms with Crippen molar-refractivity contribution in [3.8, 4) is 0 Å². The van der Waals surface area contributed by atoms with E-state index in [2.05, 4.69) is 0 Å². The number of carbonyl (C=O) groups excluding carboxylic acids is 1. The highest BCUT2D eigenvalue weighted by Crippen LogP contribution is 2.52. The second-order valence-corrected chi connectivity index (χ2v) is 7.80. The molecule has 2 unspecified atom stereocenters. The van der Waals surface area contributed by atoms with Gasteiger partial charge < -0.3 is 14.0 Å². The first-order chi connectivity index (χ1) is 10.5. The van der Waals surface area contributed by atoms with Crippen LogP contribution in [-0.4, -0.2) is 46.7 Å². The standard InChI is InChI=1S/C15H20BNO4S/c1-10-13-14(16)21-15(10,22(19)17(13)2)8-12(18)20-9-11-6-4-3-5-7-11/h3-7,10,13-14H,8-9,16H2,1-2H3/t10?,13-,14+,15-,22?/m0/s1. The van der Waals surface area contributed by atoms with E-state index in [0.717, 1.165) is 5.56 Å². The molecule has 2 aliphatic rings. The topological polar surface area (TPSA) is 61.8 Å². The van der Waals surface area contributed by atoms with Crippen LogP contribution in [0.4, 0.5) is 0 Å². The highest BCUT2D eigenvalue weighted by Gasteiger charge is 2.70. The Labute approximate surface area is 134 Å². The summed E-state index contributed by atoms with van der Waals surface area (Å²) in [6, 6.07) is 9.58. The van der Waals surface area contributed by atoms with Crippen molar-refractivity contribution in [2.45, 2.75) is 36.9 Å². The Morgan fingerprint density at radius 2 is 2.18 bits per heavy atom. The summed E-state index contributed by atoms with van der Waals surface area (Å²) in [6.45, 7) is 2.23. The number of hydrogen-bond acceptors (Lipinski definition) is 5. The van der Waals surface area contributed by atoms with E-state index < -0.39 is 16.3 Å². The van der Waals surface area contributed by atoms with Crippen LogP contribution in [-0.2, 0) is 32.2 Å². The first kappa shape index (κ1) is 15.9. The van der Waals surface area contributed by atoms with Gasteiger partial charge in [-0.15, -0.1) is 4.31 Å². The van der Waals surface area contributed by atoms with Gasteiger partial charge in [0.05, 0.1) is 29.3 Å². The van der Waals surface area contributed by atoms with Gasteiger partial charge in [-0.1, -0.05) is 37.3 Å². The van der Waals surface area contributed by atoms with Crippen molar-refractivity contribution in [1.82, 2.24) is 4.31 Å². The molecule has 2 bridgehead atoms. The van der Waals surface area contributed by atoms with Crippen molar-refractivity contribution in [3.05, 3.63) is 35.9 Å². The number of benzene rings is 1. The monoisotopic (exact) mass is 321 g/mol. The molecule has 22 heavy (non-hydrogen) atoms. The van der Waals surface area contributed by atoms with Crippen LogP contribution in [0.2, 0.25) is 0 Å². The van der Waals surface area contributed by atoms with Crippen molar-refractivity contribution < 1.29 is 18.8 Å². The number of hydrogen-bond donors (Lipinski definition) is 0. The minimum Gasteiger partial charge on any atom is -0.596 e. The maximum absolute atomic E-state index is 12.6. The number of likely N-dealkylation sites (N-methyl/N-ethyl adjacent to an activating group) is 1. The van der Waals surface area contributed by atoms with Gasteiger partial charge in [0.15, 0.2) is 0 Å². The van der Waals surface area contributed by atoms with E-state index in [1.165, 1.54) is 0 Å². The van der Waals surface area contributed by atoms with E-state index in [1.807, 2.05) is 56.5 Å². The van der Waals surface area contributed by atoms with Gasteiger partial charge in [-0.05, 0) is 5.56 Å². The van der Waals surface area contributed by atoms with Gasteiger partial charge in [0.1, 0.15) is 20.9 Å². The summed E-state index contributed by atoms with van der Waals surface area (Å²) in [5.41, 5.74) is 0.935. The van der Waals surface area contributed by atoms with E-state index in [-0.39, 0.29) is 37.0 Å². The van der Waals surface area contributed by atoms with Crippen molar-refractivity contribution in [2.24, 2.45) is 5.92 Å². The molecule has 7 heteroatoms. The largest absolute Gasteiger partial charge is 0.596 e. The molecule has 2 saturated heterocycles. The van der Waals surface area contributed by atoms with Crippen LogP contribution in [0.15, 0.2) is 30.3 Å². The Morgan fingerprint density at radius 3 is 2.82 bits per heavy atom. The SMILES string of the molecule is B[C@@H]1O[C@]2(CC(=O)OCc3ccccc3)C(C)[C@@H]1N(C)[S+]2[O-]. The molecular formula is C15H20BNO4S. The maximum Gasteiger partial charge on any atom is 0.314 e. The molecule has 5 nitrogen and oxygen atoms in total. The predicted octanol–water partition coefficient (Wildman–Crippen LogP) is 0.419. The molecule has 3 rings (SSSR count). The molecule has 0 N–H and O–H groups in total. The molecule has 2 heterocycles. The van der Waals surface area contributed by atoms with Gasteiger partial charge in [0.25, 0.3) is 4.93 Å². The fourth-order valence-electron chi connectivity index (χ4n) is 3.58. The van der Waals surface area contributed by atoms with Crippen LogP contribution in [0, 0.1) is 5.92 Å². The second-order valence-electron chi connectivity index (χ2n) is 6.03. The number of carbonyl (C=O) groups is 1. The lowest BCUT2D eigenvalue weighted by Crippen LogP contribution is -2.51. The Kier molecular flexibility index (Phi) is 4.24. The molecule has 118 valence electrons. The van der Waals surface area contributed by atoms with Crippen LogP contribution in [0.25, 0.3) is 0 Å². The molecule has 2 fully saturated rings. The van der Waals surface area contributed by atoms with Gasteiger partial charge in [-0.25, -0.2) is 0 Å². The normalized spacial score (nSPS) is 37.4. The molecular weight excluding hydrogens is 301 g/mol. The summed E-state index contributed by atoms with van der Waals surface area (Å²) in [4.78, 5) is 11.3. The third-order valence-electron chi connectivity index (χ3n) is 4.68. The third kappa shape index (κ3) is 2.46. The van der Waals surface area contributed by atoms with Crippen LogP contribution in [0.5, 0.6) is 0 Å². The molecule has 0 aromatic heterocycles. The Bertz CT molecular complexity index is 560. The Morgan fingerprint density at radius 1 is 1.50 bits per heavy atom. The van der Waals surface area contributed by atoms with Crippen LogP contribution in [0.3, 0.4) is 0 Å². The molecule has 0 radical (unpaired) electrons. The zero-order valence-corrected chi connectivity index (χ0v) is 13.8. The van der Waals surface area contributed by atoms with Crippen LogP contribution < -0.4 is 0 Å². The van der Waals surface area contributed by atoms with Gasteiger partial charge in [0, 0.05) is 7.05 Å². The maximum atomic E-state index is 12.6. The number of rotatable bonds is 4. The zero-order chi connectivity index (χ0) is 15.9. The summed E-state index contributed by atoms with van der Waals surface area (Å²) in [5, 5.41) is 0. The van der Waals surface area contributed by atoms with Crippen molar-refractivity contribution in [2.75, 3.05) is 7.05 Å². The predicted molar refractivity (Wildman–Crippen MR) is 85.9 cm³/mol. The van der Waals surface area contributed by atoms with Crippen LogP contribution >= 0.6 is 0 Å². The summed E-state index contributed by atoms with van der Waals surface area (Å²) >= 11 is -1.32. The van der Waals surface area contributed by atoms with Gasteiger partial charge in [-0.3, -0.25) is 4.79 Å². The minimum atomic E-state index is -1.32. The first-order valence-electron chi connectivity index (χ1n) is 7.48. The zero-order valence-electron chi connectivity index (χ0n) is 13.0. The molecule has 0 spiro atoms. The van der Waals surface area contributed by atoms with Crippen LogP contribution in [0.1, 0.15) is 18.9 Å². The third-order valence-corrected chi connectivity index (χ3v) is 6.65. The fourth-order valence-corrected chi connectivity index (χ4v) is 5.57. The smallest absolute Gasteiger partial charge is 0.314 e. The molecule has 0 saturated carbocycles. The summed E-state index contributed by atoms with van der Waals surface area (Å²) < 4.78 is 25.6. The summed E-state index contributed by atoms with van der Waals surface area (Å²) in [6.07, 6.45) is 0.0266. The lowest BCUT2D eigenvalue weighted by atomic mass is 9.86. The fraction of sp³-hybridized carbons (Fsp3) is 0.533. The number of nitrogens with zero attached hydrogens (tertiary/aromatic N) is 1. The molecule has 0 amide bonds.